The Labute approximate surface area is 142 Å². The van der Waals surface area contributed by atoms with Gasteiger partial charge in [0.2, 0.25) is 11.8 Å². The molecule has 0 unspecified atom stereocenters. The molecule has 0 aliphatic rings. The van der Waals surface area contributed by atoms with Crippen LogP contribution in [0.5, 0.6) is 0 Å². The number of anilines is 1. The van der Waals surface area contributed by atoms with Crippen molar-refractivity contribution in [3.05, 3.63) is 29.3 Å². The van der Waals surface area contributed by atoms with E-state index < -0.39 is 6.04 Å². The molecule has 3 N–H and O–H groups in total. The normalized spacial score (nSPS) is 11.5. The molecule has 1 aromatic rings. The van der Waals surface area contributed by atoms with Crippen molar-refractivity contribution in [3.63, 3.8) is 0 Å². The number of nitrogens with two attached hydrogens (primary N) is 1. The van der Waals surface area contributed by atoms with Crippen molar-refractivity contribution in [2.24, 2.45) is 11.7 Å². The molecule has 0 aromatic heterocycles. The van der Waals surface area contributed by atoms with Crippen molar-refractivity contribution in [2.45, 2.75) is 26.8 Å². The lowest BCUT2D eigenvalue weighted by Crippen LogP contribution is -2.48. The molecule has 2 amide bonds. The Kier molecular flexibility index (Phi) is 9.09. The minimum Gasteiger partial charge on any atom is -0.346 e. The highest BCUT2D eigenvalue weighted by Gasteiger charge is 2.20. The van der Waals surface area contributed by atoms with Crippen LogP contribution in [0, 0.1) is 5.92 Å². The van der Waals surface area contributed by atoms with Gasteiger partial charge in [-0.15, -0.1) is 12.4 Å². The molecule has 0 aliphatic heterocycles. The van der Waals surface area contributed by atoms with Crippen LogP contribution in [0.3, 0.4) is 0 Å². The molecule has 0 spiro atoms. The van der Waals surface area contributed by atoms with Gasteiger partial charge in [-0.1, -0.05) is 31.5 Å². The van der Waals surface area contributed by atoms with Gasteiger partial charge in [-0.2, -0.15) is 0 Å². The van der Waals surface area contributed by atoms with Gasteiger partial charge in [0.25, 0.3) is 0 Å². The number of amides is 2. The van der Waals surface area contributed by atoms with Crippen molar-refractivity contribution in [1.29, 1.82) is 0 Å². The fraction of sp³-hybridized carbons (Fsp3) is 0.467. The second-order valence-corrected chi connectivity index (χ2v) is 5.54. The molecule has 1 atom stereocenters. The maximum absolute atomic E-state index is 12.2. The number of carbonyl (C=O) groups is 2. The standard InChI is InChI=1S/C15H22ClN3O2.ClH/c1-4-19(12-7-5-6-11(16)8-12)13(20)9-18-15(21)14(17)10(2)3;/h5-8,10,14H,4,9,17H2,1-3H3,(H,18,21);1H/t14-;/m0./s1. The van der Waals surface area contributed by atoms with Crippen LogP contribution in [0.4, 0.5) is 5.69 Å². The molecule has 7 heteroatoms. The molecule has 1 rings (SSSR count). The summed E-state index contributed by atoms with van der Waals surface area (Å²) in [5, 5.41) is 3.13. The highest BCUT2D eigenvalue weighted by Crippen LogP contribution is 2.19. The van der Waals surface area contributed by atoms with Crippen molar-refractivity contribution >= 4 is 41.5 Å². The first kappa shape index (κ1) is 20.7. The fourth-order valence-corrected chi connectivity index (χ4v) is 2.01. The van der Waals surface area contributed by atoms with E-state index in [2.05, 4.69) is 5.32 Å². The van der Waals surface area contributed by atoms with Crippen LogP contribution in [0.1, 0.15) is 20.8 Å². The van der Waals surface area contributed by atoms with Gasteiger partial charge < -0.3 is 16.0 Å². The number of hydrogen-bond acceptors (Lipinski definition) is 3. The van der Waals surface area contributed by atoms with E-state index in [0.29, 0.717) is 17.3 Å². The second-order valence-electron chi connectivity index (χ2n) is 5.11. The summed E-state index contributed by atoms with van der Waals surface area (Å²) in [5.41, 5.74) is 6.44. The van der Waals surface area contributed by atoms with Gasteiger partial charge in [0.15, 0.2) is 0 Å². The average molecular weight is 348 g/mol. The van der Waals surface area contributed by atoms with Crippen LogP contribution in [0.2, 0.25) is 5.02 Å². The Balaban J connectivity index is 0.00000441. The average Bonchev–Trinajstić information content (AvgIpc) is 2.44. The molecule has 0 aliphatic carbocycles. The van der Waals surface area contributed by atoms with Crippen molar-refractivity contribution in [3.8, 4) is 0 Å². The predicted octanol–water partition coefficient (Wildman–Crippen LogP) is 2.21. The lowest BCUT2D eigenvalue weighted by molar-refractivity contribution is -0.126. The van der Waals surface area contributed by atoms with Gasteiger partial charge in [0, 0.05) is 17.3 Å². The SMILES string of the molecule is CCN(C(=O)CNC(=O)[C@@H](N)C(C)C)c1cccc(Cl)c1.Cl. The largest absolute Gasteiger partial charge is 0.346 e. The minimum atomic E-state index is -0.612. The Morgan fingerprint density at radius 1 is 1.36 bits per heavy atom. The lowest BCUT2D eigenvalue weighted by Gasteiger charge is -2.22. The highest BCUT2D eigenvalue weighted by atomic mass is 35.5. The molecular formula is C15H23Cl2N3O2. The van der Waals surface area contributed by atoms with Crippen molar-refractivity contribution < 1.29 is 9.59 Å². The van der Waals surface area contributed by atoms with Crippen LogP contribution in [0.25, 0.3) is 0 Å². The van der Waals surface area contributed by atoms with Gasteiger partial charge in [-0.3, -0.25) is 9.59 Å². The summed E-state index contributed by atoms with van der Waals surface area (Å²) < 4.78 is 0. The van der Waals surface area contributed by atoms with Crippen LogP contribution in [0.15, 0.2) is 24.3 Å². The van der Waals surface area contributed by atoms with E-state index in [0.717, 1.165) is 0 Å². The Hall–Kier alpha value is -1.30. The van der Waals surface area contributed by atoms with E-state index in [1.54, 1.807) is 29.2 Å². The number of nitrogens with zero attached hydrogens (tertiary/aromatic N) is 1. The van der Waals surface area contributed by atoms with Crippen LogP contribution >= 0.6 is 24.0 Å². The smallest absolute Gasteiger partial charge is 0.246 e. The summed E-state index contributed by atoms with van der Waals surface area (Å²) >= 11 is 5.93. The molecular weight excluding hydrogens is 325 g/mol. The van der Waals surface area contributed by atoms with Crippen LogP contribution in [-0.4, -0.2) is 30.9 Å². The van der Waals surface area contributed by atoms with Gasteiger partial charge in [0.05, 0.1) is 12.6 Å². The summed E-state index contributed by atoms with van der Waals surface area (Å²) in [6, 6.07) is 6.42. The van der Waals surface area contributed by atoms with Gasteiger partial charge in [-0.05, 0) is 31.0 Å². The predicted molar refractivity (Wildman–Crippen MR) is 92.6 cm³/mol. The van der Waals surface area contributed by atoms with E-state index in [1.165, 1.54) is 0 Å². The van der Waals surface area contributed by atoms with E-state index >= 15 is 0 Å². The minimum absolute atomic E-state index is 0. The van der Waals surface area contributed by atoms with E-state index in [1.807, 2.05) is 20.8 Å². The molecule has 22 heavy (non-hydrogen) atoms. The number of likely N-dealkylation sites (N-methyl/N-ethyl adjacent to an activating group) is 1. The van der Waals surface area contributed by atoms with Gasteiger partial charge >= 0.3 is 0 Å². The van der Waals surface area contributed by atoms with Crippen LogP contribution < -0.4 is 16.0 Å². The Bertz CT molecular complexity index is 509. The van der Waals surface area contributed by atoms with E-state index in [-0.39, 0.29) is 36.7 Å². The zero-order valence-corrected chi connectivity index (χ0v) is 14.6. The monoisotopic (exact) mass is 347 g/mol. The first-order valence-corrected chi connectivity index (χ1v) is 7.33. The van der Waals surface area contributed by atoms with Gasteiger partial charge in [-0.25, -0.2) is 0 Å². The summed E-state index contributed by atoms with van der Waals surface area (Å²) in [5.74, 6) is -0.500. The Morgan fingerprint density at radius 2 is 2.00 bits per heavy atom. The molecule has 0 heterocycles. The van der Waals surface area contributed by atoms with E-state index in [9.17, 15) is 9.59 Å². The summed E-state index contributed by atoms with van der Waals surface area (Å²) in [6.07, 6.45) is 0. The first-order valence-electron chi connectivity index (χ1n) is 6.96. The number of nitrogens with one attached hydrogen (secondary N) is 1. The quantitative estimate of drug-likeness (QED) is 0.828. The third kappa shape index (κ3) is 5.83. The van der Waals surface area contributed by atoms with Crippen molar-refractivity contribution in [1.82, 2.24) is 5.32 Å². The van der Waals surface area contributed by atoms with Crippen molar-refractivity contribution in [2.75, 3.05) is 18.0 Å². The first-order chi connectivity index (χ1) is 9.86. The molecule has 0 fully saturated rings. The van der Waals surface area contributed by atoms with Crippen LogP contribution in [-0.2, 0) is 9.59 Å². The zero-order valence-electron chi connectivity index (χ0n) is 13.0. The number of carbonyl (C=O) groups excluding carboxylic acids is 2. The number of rotatable bonds is 6. The molecule has 5 nitrogen and oxygen atoms in total. The molecule has 0 bridgehead atoms. The zero-order chi connectivity index (χ0) is 16.0. The summed E-state index contributed by atoms with van der Waals surface area (Å²) in [6.45, 7) is 5.98. The maximum atomic E-state index is 12.2. The Morgan fingerprint density at radius 3 is 2.50 bits per heavy atom. The summed E-state index contributed by atoms with van der Waals surface area (Å²) in [4.78, 5) is 25.5. The topological polar surface area (TPSA) is 75.4 Å². The highest BCUT2D eigenvalue weighted by molar-refractivity contribution is 6.30. The second kappa shape index (κ2) is 9.66. The molecule has 124 valence electrons. The summed E-state index contributed by atoms with van der Waals surface area (Å²) in [7, 11) is 0. The third-order valence-electron chi connectivity index (χ3n) is 3.17. The number of benzene rings is 1. The molecule has 1 aromatic carbocycles. The third-order valence-corrected chi connectivity index (χ3v) is 3.41. The van der Waals surface area contributed by atoms with E-state index in [4.69, 9.17) is 17.3 Å². The number of hydrogen-bond donors (Lipinski definition) is 2. The molecule has 0 radical (unpaired) electrons. The molecule has 0 saturated heterocycles. The number of halogens is 2. The maximum Gasteiger partial charge on any atom is 0.246 e. The molecule has 0 saturated carbocycles. The fourth-order valence-electron chi connectivity index (χ4n) is 1.83. The lowest BCUT2D eigenvalue weighted by atomic mass is 10.1. The van der Waals surface area contributed by atoms with Gasteiger partial charge in [0.1, 0.15) is 0 Å².